The van der Waals surface area contributed by atoms with Crippen LogP contribution in [0.3, 0.4) is 0 Å². The fourth-order valence-corrected chi connectivity index (χ4v) is 2.93. The van der Waals surface area contributed by atoms with Crippen molar-refractivity contribution in [3.63, 3.8) is 0 Å². The van der Waals surface area contributed by atoms with Gasteiger partial charge in [0.1, 0.15) is 0 Å². The lowest BCUT2D eigenvalue weighted by Crippen LogP contribution is -2.46. The van der Waals surface area contributed by atoms with Crippen molar-refractivity contribution < 1.29 is 4.74 Å². The molecule has 0 aliphatic carbocycles. The first-order valence-corrected chi connectivity index (χ1v) is 8.47. The predicted octanol–water partition coefficient (Wildman–Crippen LogP) is 2.33. The highest BCUT2D eigenvalue weighted by molar-refractivity contribution is 5.80. The minimum atomic E-state index is 0.408. The maximum absolute atomic E-state index is 5.72. The van der Waals surface area contributed by atoms with E-state index < -0.39 is 0 Å². The summed E-state index contributed by atoms with van der Waals surface area (Å²) in [6, 6.07) is 8.58. The number of guanidine groups is 1. The Labute approximate surface area is 140 Å². The van der Waals surface area contributed by atoms with E-state index in [9.17, 15) is 0 Å². The van der Waals surface area contributed by atoms with Gasteiger partial charge in [-0.05, 0) is 37.5 Å². The molecule has 0 bridgehead atoms. The summed E-state index contributed by atoms with van der Waals surface area (Å²) in [5.74, 6) is 0.982. The molecular formula is C18H30N4O. The van der Waals surface area contributed by atoms with Crippen molar-refractivity contribution in [1.29, 1.82) is 0 Å². The third kappa shape index (κ3) is 5.13. The summed E-state index contributed by atoms with van der Waals surface area (Å²) in [5, 5.41) is 3.48. The standard InChI is InChI=1S/C18H30N4O/c1-5-23-17-9-11-22(12-10-17)18(19-2)20-14-15-7-6-8-16(13-15)21(3)4/h6-8,13,17H,5,9-12,14H2,1-4H3,(H,19,20). The maximum atomic E-state index is 5.72. The number of nitrogens with zero attached hydrogens (tertiary/aromatic N) is 3. The van der Waals surface area contributed by atoms with Gasteiger partial charge in [0.15, 0.2) is 5.96 Å². The van der Waals surface area contributed by atoms with E-state index >= 15 is 0 Å². The molecule has 1 heterocycles. The highest BCUT2D eigenvalue weighted by atomic mass is 16.5. The first kappa shape index (κ1) is 17.6. The minimum Gasteiger partial charge on any atom is -0.378 e. The molecule has 0 unspecified atom stereocenters. The summed E-state index contributed by atoms with van der Waals surface area (Å²) < 4.78 is 5.72. The Balaban J connectivity index is 1.87. The molecule has 0 aromatic heterocycles. The largest absolute Gasteiger partial charge is 0.378 e. The molecule has 1 aromatic rings. The topological polar surface area (TPSA) is 40.1 Å². The number of rotatable bonds is 5. The molecule has 1 aromatic carbocycles. The first-order chi connectivity index (χ1) is 11.1. The third-order valence-corrected chi connectivity index (χ3v) is 4.23. The Hall–Kier alpha value is -1.75. The van der Waals surface area contributed by atoms with Crippen molar-refractivity contribution >= 4 is 11.6 Å². The second-order valence-electron chi connectivity index (χ2n) is 6.11. The molecule has 1 aliphatic rings. The van der Waals surface area contributed by atoms with Crippen LogP contribution in [0.2, 0.25) is 0 Å². The lowest BCUT2D eigenvalue weighted by atomic mass is 10.1. The number of aliphatic imine (C=N–C) groups is 1. The van der Waals surface area contributed by atoms with Gasteiger partial charge >= 0.3 is 0 Å². The number of hydrogen-bond donors (Lipinski definition) is 1. The monoisotopic (exact) mass is 318 g/mol. The number of benzene rings is 1. The van der Waals surface area contributed by atoms with Crippen LogP contribution in [0.25, 0.3) is 0 Å². The lowest BCUT2D eigenvalue weighted by molar-refractivity contribution is 0.0263. The molecule has 1 aliphatic heterocycles. The predicted molar refractivity (Wildman–Crippen MR) is 97.2 cm³/mol. The Morgan fingerprint density at radius 3 is 2.70 bits per heavy atom. The average Bonchev–Trinajstić information content (AvgIpc) is 2.57. The molecule has 5 nitrogen and oxygen atoms in total. The Morgan fingerprint density at radius 1 is 1.35 bits per heavy atom. The highest BCUT2D eigenvalue weighted by Gasteiger charge is 2.21. The minimum absolute atomic E-state index is 0.408. The van der Waals surface area contributed by atoms with Crippen LogP contribution in [0.15, 0.2) is 29.3 Å². The third-order valence-electron chi connectivity index (χ3n) is 4.23. The van der Waals surface area contributed by atoms with Crippen LogP contribution in [0.5, 0.6) is 0 Å². The fraction of sp³-hybridized carbons (Fsp3) is 0.611. The summed E-state index contributed by atoms with van der Waals surface area (Å²) in [5.41, 5.74) is 2.48. The summed E-state index contributed by atoms with van der Waals surface area (Å²) in [4.78, 5) is 8.88. The van der Waals surface area contributed by atoms with Gasteiger partial charge in [0, 0.05) is 53.1 Å². The molecule has 1 N–H and O–H groups in total. The van der Waals surface area contributed by atoms with Gasteiger partial charge < -0.3 is 19.9 Å². The Bertz CT molecular complexity index is 507. The molecule has 1 fully saturated rings. The van der Waals surface area contributed by atoms with Gasteiger partial charge in [0.05, 0.1) is 6.10 Å². The molecule has 0 spiro atoms. The highest BCUT2D eigenvalue weighted by Crippen LogP contribution is 2.15. The van der Waals surface area contributed by atoms with Crippen LogP contribution in [-0.2, 0) is 11.3 Å². The van der Waals surface area contributed by atoms with Gasteiger partial charge in [-0.3, -0.25) is 4.99 Å². The van der Waals surface area contributed by atoms with Gasteiger partial charge in [-0.15, -0.1) is 0 Å². The van der Waals surface area contributed by atoms with Crippen LogP contribution in [0.4, 0.5) is 5.69 Å². The average molecular weight is 318 g/mol. The number of ether oxygens (including phenoxy) is 1. The molecule has 128 valence electrons. The maximum Gasteiger partial charge on any atom is 0.193 e. The molecule has 0 atom stereocenters. The van der Waals surface area contributed by atoms with Crippen molar-refractivity contribution in [2.75, 3.05) is 45.7 Å². The summed E-state index contributed by atoms with van der Waals surface area (Å²) in [7, 11) is 5.98. The van der Waals surface area contributed by atoms with Crippen LogP contribution < -0.4 is 10.2 Å². The lowest BCUT2D eigenvalue weighted by Gasteiger charge is -2.34. The summed E-state index contributed by atoms with van der Waals surface area (Å²) in [6.45, 7) is 5.67. The molecular weight excluding hydrogens is 288 g/mol. The summed E-state index contributed by atoms with van der Waals surface area (Å²) in [6.07, 6.45) is 2.56. The van der Waals surface area contributed by atoms with E-state index in [1.165, 1.54) is 11.3 Å². The SMILES string of the molecule is CCOC1CCN(C(=NC)NCc2cccc(N(C)C)c2)CC1. The molecule has 0 saturated carbocycles. The van der Waals surface area contributed by atoms with E-state index in [0.29, 0.717) is 6.10 Å². The molecule has 0 amide bonds. The molecule has 1 saturated heterocycles. The summed E-state index contributed by atoms with van der Waals surface area (Å²) >= 11 is 0. The van der Waals surface area contributed by atoms with E-state index in [0.717, 1.165) is 45.0 Å². The van der Waals surface area contributed by atoms with Crippen LogP contribution in [0, 0.1) is 0 Å². The Morgan fingerprint density at radius 2 is 2.09 bits per heavy atom. The normalized spacial score (nSPS) is 16.5. The zero-order valence-electron chi connectivity index (χ0n) is 14.9. The van der Waals surface area contributed by atoms with Crippen molar-refractivity contribution in [3.8, 4) is 0 Å². The van der Waals surface area contributed by atoms with Crippen molar-refractivity contribution in [2.45, 2.75) is 32.4 Å². The van der Waals surface area contributed by atoms with E-state index in [-0.39, 0.29) is 0 Å². The van der Waals surface area contributed by atoms with E-state index in [1.807, 2.05) is 7.05 Å². The van der Waals surface area contributed by atoms with Crippen LogP contribution in [-0.4, -0.2) is 57.8 Å². The van der Waals surface area contributed by atoms with Crippen LogP contribution in [0.1, 0.15) is 25.3 Å². The van der Waals surface area contributed by atoms with Gasteiger partial charge in [-0.25, -0.2) is 0 Å². The second-order valence-corrected chi connectivity index (χ2v) is 6.11. The molecule has 2 rings (SSSR count). The van der Waals surface area contributed by atoms with Gasteiger partial charge in [-0.2, -0.15) is 0 Å². The quantitative estimate of drug-likeness (QED) is 0.668. The van der Waals surface area contributed by atoms with Gasteiger partial charge in [-0.1, -0.05) is 12.1 Å². The molecule has 23 heavy (non-hydrogen) atoms. The fourth-order valence-electron chi connectivity index (χ4n) is 2.93. The number of likely N-dealkylation sites (tertiary alicyclic amines) is 1. The molecule has 5 heteroatoms. The van der Waals surface area contributed by atoms with Crippen molar-refractivity contribution in [2.24, 2.45) is 4.99 Å². The van der Waals surface area contributed by atoms with Gasteiger partial charge in [0.25, 0.3) is 0 Å². The Kier molecular flexibility index (Phi) is 6.71. The van der Waals surface area contributed by atoms with Crippen molar-refractivity contribution in [3.05, 3.63) is 29.8 Å². The van der Waals surface area contributed by atoms with Crippen molar-refractivity contribution in [1.82, 2.24) is 10.2 Å². The van der Waals surface area contributed by atoms with E-state index in [2.05, 4.69) is 65.4 Å². The second kappa shape index (κ2) is 8.77. The number of nitrogens with one attached hydrogen (secondary N) is 1. The number of hydrogen-bond acceptors (Lipinski definition) is 3. The van der Waals surface area contributed by atoms with E-state index in [4.69, 9.17) is 4.74 Å². The zero-order chi connectivity index (χ0) is 16.7. The molecule has 0 radical (unpaired) electrons. The number of anilines is 1. The van der Waals surface area contributed by atoms with Crippen LogP contribution >= 0.6 is 0 Å². The number of piperidine rings is 1. The first-order valence-electron chi connectivity index (χ1n) is 8.47. The zero-order valence-corrected chi connectivity index (χ0v) is 14.9. The van der Waals surface area contributed by atoms with E-state index in [1.54, 1.807) is 0 Å². The smallest absolute Gasteiger partial charge is 0.193 e. The van der Waals surface area contributed by atoms with Gasteiger partial charge in [0.2, 0.25) is 0 Å².